The second-order valence-corrected chi connectivity index (χ2v) is 6.69. The quantitative estimate of drug-likeness (QED) is 0.733. The molecule has 0 radical (unpaired) electrons. The molecule has 0 aliphatic heterocycles. The van der Waals surface area contributed by atoms with Crippen molar-refractivity contribution in [2.75, 3.05) is 26.1 Å². The van der Waals surface area contributed by atoms with Crippen LogP contribution in [0.15, 0.2) is 36.4 Å². The van der Waals surface area contributed by atoms with Crippen LogP contribution >= 0.6 is 0 Å². The van der Waals surface area contributed by atoms with E-state index in [1.165, 1.54) is 5.56 Å². The molecule has 0 heterocycles. The molecule has 3 rings (SSSR count). The first-order valence-corrected chi connectivity index (χ1v) is 9.37. The van der Waals surface area contributed by atoms with Crippen LogP contribution in [0.1, 0.15) is 47.2 Å². The monoisotopic (exact) mass is 383 g/mol. The van der Waals surface area contributed by atoms with Crippen molar-refractivity contribution < 1.29 is 23.8 Å². The average molecular weight is 383 g/mol. The van der Waals surface area contributed by atoms with E-state index in [0.29, 0.717) is 35.8 Å². The van der Waals surface area contributed by atoms with Gasteiger partial charge in [0.15, 0.2) is 11.5 Å². The first kappa shape index (κ1) is 19.7. The third-order valence-corrected chi connectivity index (χ3v) is 4.96. The molecule has 1 N–H and O–H groups in total. The molecule has 0 aromatic heterocycles. The van der Waals surface area contributed by atoms with Crippen molar-refractivity contribution in [3.8, 4) is 11.5 Å². The van der Waals surface area contributed by atoms with Crippen LogP contribution in [-0.4, -0.2) is 32.7 Å². The van der Waals surface area contributed by atoms with Gasteiger partial charge in [0, 0.05) is 12.1 Å². The molecule has 6 nitrogen and oxygen atoms in total. The van der Waals surface area contributed by atoms with Gasteiger partial charge >= 0.3 is 5.97 Å². The van der Waals surface area contributed by atoms with E-state index in [0.717, 1.165) is 18.4 Å². The second-order valence-electron chi connectivity index (χ2n) is 6.69. The van der Waals surface area contributed by atoms with Gasteiger partial charge in [-0.1, -0.05) is 0 Å². The Hall–Kier alpha value is -3.02. The number of anilines is 1. The number of rotatable bonds is 7. The SMILES string of the molecule is CCOC(=O)c1ccc(NC(=O)CC2CCc3cc(OC)c(OC)cc32)cc1. The molecule has 28 heavy (non-hydrogen) atoms. The van der Waals surface area contributed by atoms with E-state index in [9.17, 15) is 9.59 Å². The molecule has 6 heteroatoms. The highest BCUT2D eigenvalue weighted by molar-refractivity contribution is 5.93. The van der Waals surface area contributed by atoms with Gasteiger partial charge in [0.05, 0.1) is 26.4 Å². The molecule has 0 saturated heterocycles. The van der Waals surface area contributed by atoms with E-state index < -0.39 is 0 Å². The van der Waals surface area contributed by atoms with Crippen molar-refractivity contribution in [3.63, 3.8) is 0 Å². The van der Waals surface area contributed by atoms with Gasteiger partial charge in [-0.05, 0) is 73.2 Å². The van der Waals surface area contributed by atoms with Crippen LogP contribution < -0.4 is 14.8 Å². The van der Waals surface area contributed by atoms with E-state index >= 15 is 0 Å². The third kappa shape index (κ3) is 4.27. The molecule has 1 aliphatic carbocycles. The average Bonchev–Trinajstić information content (AvgIpc) is 3.09. The zero-order valence-electron chi connectivity index (χ0n) is 16.4. The van der Waals surface area contributed by atoms with Crippen LogP contribution in [0.3, 0.4) is 0 Å². The van der Waals surface area contributed by atoms with Gasteiger partial charge in [0.25, 0.3) is 0 Å². The van der Waals surface area contributed by atoms with E-state index in [1.807, 2.05) is 12.1 Å². The lowest BCUT2D eigenvalue weighted by atomic mass is 9.97. The number of esters is 1. The summed E-state index contributed by atoms with van der Waals surface area (Å²) in [4.78, 5) is 24.2. The van der Waals surface area contributed by atoms with Gasteiger partial charge in [-0.2, -0.15) is 0 Å². The first-order valence-electron chi connectivity index (χ1n) is 9.37. The summed E-state index contributed by atoms with van der Waals surface area (Å²) in [6, 6.07) is 10.7. The van der Waals surface area contributed by atoms with Crippen LogP contribution in [-0.2, 0) is 16.0 Å². The maximum atomic E-state index is 12.5. The predicted molar refractivity (Wildman–Crippen MR) is 106 cm³/mol. The Bertz CT molecular complexity index is 860. The van der Waals surface area contributed by atoms with Crippen LogP contribution in [0, 0.1) is 0 Å². The lowest BCUT2D eigenvalue weighted by molar-refractivity contribution is -0.116. The summed E-state index contributed by atoms with van der Waals surface area (Å²) in [6.07, 6.45) is 2.23. The molecule has 0 spiro atoms. The van der Waals surface area contributed by atoms with E-state index in [4.69, 9.17) is 14.2 Å². The normalized spacial score (nSPS) is 14.9. The predicted octanol–water partition coefficient (Wildman–Crippen LogP) is 3.94. The molecule has 1 aliphatic rings. The van der Waals surface area contributed by atoms with E-state index in [-0.39, 0.29) is 17.8 Å². The van der Waals surface area contributed by atoms with E-state index in [1.54, 1.807) is 45.4 Å². The molecule has 1 atom stereocenters. The van der Waals surface area contributed by atoms with Crippen molar-refractivity contribution in [3.05, 3.63) is 53.1 Å². The van der Waals surface area contributed by atoms with Crippen molar-refractivity contribution in [1.29, 1.82) is 0 Å². The van der Waals surface area contributed by atoms with Crippen molar-refractivity contribution in [2.45, 2.75) is 32.1 Å². The van der Waals surface area contributed by atoms with Crippen LogP contribution in [0.4, 0.5) is 5.69 Å². The molecular formula is C22H25NO5. The maximum absolute atomic E-state index is 12.5. The fourth-order valence-electron chi connectivity index (χ4n) is 3.57. The molecular weight excluding hydrogens is 358 g/mol. The topological polar surface area (TPSA) is 73.9 Å². The number of hydrogen-bond donors (Lipinski definition) is 1. The summed E-state index contributed by atoms with van der Waals surface area (Å²) in [5.41, 5.74) is 3.47. The molecule has 0 fully saturated rings. The number of fused-ring (bicyclic) bond motifs is 1. The first-order chi connectivity index (χ1) is 13.5. The summed E-state index contributed by atoms with van der Waals surface area (Å²) in [6.45, 7) is 2.09. The number of carbonyl (C=O) groups excluding carboxylic acids is 2. The van der Waals surface area contributed by atoms with Gasteiger partial charge < -0.3 is 19.5 Å². The molecule has 1 unspecified atom stereocenters. The molecule has 148 valence electrons. The Morgan fingerprint density at radius 1 is 1.07 bits per heavy atom. The Morgan fingerprint density at radius 2 is 1.75 bits per heavy atom. The lowest BCUT2D eigenvalue weighted by Gasteiger charge is -2.15. The van der Waals surface area contributed by atoms with Gasteiger partial charge in [-0.3, -0.25) is 4.79 Å². The minimum atomic E-state index is -0.368. The van der Waals surface area contributed by atoms with Gasteiger partial charge in [0.1, 0.15) is 0 Å². The zero-order valence-corrected chi connectivity index (χ0v) is 16.4. The van der Waals surface area contributed by atoms with Gasteiger partial charge in [0.2, 0.25) is 5.91 Å². The summed E-state index contributed by atoms with van der Waals surface area (Å²) < 4.78 is 15.7. The molecule has 2 aromatic carbocycles. The number of hydrogen-bond acceptors (Lipinski definition) is 5. The number of ether oxygens (including phenoxy) is 3. The highest BCUT2D eigenvalue weighted by Crippen LogP contribution is 2.41. The lowest BCUT2D eigenvalue weighted by Crippen LogP contribution is -2.15. The molecule has 1 amide bonds. The van der Waals surface area contributed by atoms with Crippen molar-refractivity contribution >= 4 is 17.6 Å². The minimum Gasteiger partial charge on any atom is -0.493 e. The zero-order chi connectivity index (χ0) is 20.1. The minimum absolute atomic E-state index is 0.0588. The number of aryl methyl sites for hydroxylation is 1. The highest BCUT2D eigenvalue weighted by Gasteiger charge is 2.27. The van der Waals surface area contributed by atoms with Crippen molar-refractivity contribution in [2.24, 2.45) is 0 Å². The highest BCUT2D eigenvalue weighted by atomic mass is 16.5. The standard InChI is InChI=1S/C22H25NO5/c1-4-28-22(25)14-7-9-17(10-8-14)23-21(24)12-16-6-5-15-11-19(26-2)20(27-3)13-18(15)16/h7-11,13,16H,4-6,12H2,1-3H3,(H,23,24). The number of nitrogens with one attached hydrogen (secondary N) is 1. The molecule has 0 saturated carbocycles. The summed E-state index contributed by atoms with van der Waals surface area (Å²) in [5, 5.41) is 2.90. The van der Waals surface area contributed by atoms with Crippen LogP contribution in [0.2, 0.25) is 0 Å². The summed E-state index contributed by atoms with van der Waals surface area (Å²) in [7, 11) is 3.23. The Labute approximate surface area is 164 Å². The van der Waals surface area contributed by atoms with Gasteiger partial charge in [-0.15, -0.1) is 0 Å². The summed E-state index contributed by atoms with van der Waals surface area (Å²) in [5.74, 6) is 1.12. The molecule has 0 bridgehead atoms. The maximum Gasteiger partial charge on any atom is 0.338 e. The van der Waals surface area contributed by atoms with Gasteiger partial charge in [-0.25, -0.2) is 4.79 Å². The Morgan fingerprint density at radius 3 is 2.39 bits per heavy atom. The fraction of sp³-hybridized carbons (Fsp3) is 0.364. The van der Waals surface area contributed by atoms with E-state index in [2.05, 4.69) is 5.32 Å². The third-order valence-electron chi connectivity index (χ3n) is 4.96. The summed E-state index contributed by atoms with van der Waals surface area (Å²) >= 11 is 0. The number of carbonyl (C=O) groups is 2. The second kappa shape index (κ2) is 8.78. The molecule has 2 aromatic rings. The van der Waals surface area contributed by atoms with Crippen molar-refractivity contribution in [1.82, 2.24) is 0 Å². The van der Waals surface area contributed by atoms with Crippen LogP contribution in [0.25, 0.3) is 0 Å². The largest absolute Gasteiger partial charge is 0.493 e. The smallest absolute Gasteiger partial charge is 0.338 e. The number of amides is 1. The van der Waals surface area contributed by atoms with Crippen LogP contribution in [0.5, 0.6) is 11.5 Å². The number of benzene rings is 2. The fourth-order valence-corrected chi connectivity index (χ4v) is 3.57. The Balaban J connectivity index is 1.64. The Kier molecular flexibility index (Phi) is 6.19. The number of methoxy groups -OCH3 is 2.